The summed E-state index contributed by atoms with van der Waals surface area (Å²) in [4.78, 5) is 3.30. The zero-order valence-electron chi connectivity index (χ0n) is 10.5. The molecule has 0 spiro atoms. The summed E-state index contributed by atoms with van der Waals surface area (Å²) in [6.07, 6.45) is 2.01. The van der Waals surface area contributed by atoms with Crippen molar-refractivity contribution >= 4 is 15.7 Å². The second kappa shape index (κ2) is 5.27. The first-order valence-electron chi connectivity index (χ1n) is 5.55. The van der Waals surface area contributed by atoms with E-state index in [-0.39, 0.29) is 4.90 Å². The average molecular weight is 291 g/mol. The van der Waals surface area contributed by atoms with Gasteiger partial charge in [0.1, 0.15) is 10.7 Å². The third-order valence-electron chi connectivity index (χ3n) is 2.70. The summed E-state index contributed by atoms with van der Waals surface area (Å²) in [7, 11) is -2.54. The Morgan fingerprint density at radius 3 is 2.45 bits per heavy atom. The molecule has 0 aliphatic carbocycles. The van der Waals surface area contributed by atoms with Gasteiger partial charge in [-0.2, -0.15) is 5.26 Å². The SMILES string of the molecule is CN(c1ccc(C#N)cc1)S(=O)(=O)c1cncc(F)c1. The van der Waals surface area contributed by atoms with E-state index < -0.39 is 15.8 Å². The van der Waals surface area contributed by atoms with Crippen molar-refractivity contribution in [2.24, 2.45) is 0 Å². The first kappa shape index (κ1) is 14.0. The van der Waals surface area contributed by atoms with Gasteiger partial charge in [0, 0.05) is 13.2 Å². The molecule has 1 aromatic heterocycles. The summed E-state index contributed by atoms with van der Waals surface area (Å²) in [5.41, 5.74) is 0.792. The fourth-order valence-electron chi connectivity index (χ4n) is 1.58. The van der Waals surface area contributed by atoms with Crippen LogP contribution in [-0.2, 0) is 10.0 Å². The molecule has 102 valence electrons. The third kappa shape index (κ3) is 2.60. The molecule has 0 atom stereocenters. The molecule has 2 aromatic rings. The van der Waals surface area contributed by atoms with Crippen molar-refractivity contribution in [3.05, 3.63) is 54.1 Å². The Morgan fingerprint density at radius 1 is 1.25 bits per heavy atom. The molecule has 20 heavy (non-hydrogen) atoms. The first-order chi connectivity index (χ1) is 9.45. The molecule has 0 saturated heterocycles. The van der Waals surface area contributed by atoms with Crippen LogP contribution in [-0.4, -0.2) is 20.4 Å². The topological polar surface area (TPSA) is 74.1 Å². The third-order valence-corrected chi connectivity index (χ3v) is 4.45. The van der Waals surface area contributed by atoms with Crippen LogP contribution >= 0.6 is 0 Å². The molecule has 0 fully saturated rings. The zero-order valence-corrected chi connectivity index (χ0v) is 11.3. The Kier molecular flexibility index (Phi) is 3.68. The monoisotopic (exact) mass is 291 g/mol. The van der Waals surface area contributed by atoms with Crippen molar-refractivity contribution in [1.29, 1.82) is 5.26 Å². The van der Waals surface area contributed by atoms with Crippen molar-refractivity contribution in [3.63, 3.8) is 0 Å². The lowest BCUT2D eigenvalue weighted by atomic mass is 10.2. The fourth-order valence-corrected chi connectivity index (χ4v) is 2.75. The molecule has 0 saturated carbocycles. The van der Waals surface area contributed by atoms with Gasteiger partial charge in [-0.15, -0.1) is 0 Å². The maximum Gasteiger partial charge on any atom is 0.265 e. The van der Waals surface area contributed by atoms with Crippen molar-refractivity contribution < 1.29 is 12.8 Å². The molecule has 1 aromatic carbocycles. The minimum Gasteiger partial charge on any atom is -0.269 e. The number of hydrogen-bond donors (Lipinski definition) is 0. The van der Waals surface area contributed by atoms with Crippen molar-refractivity contribution in [2.45, 2.75) is 4.90 Å². The Bertz CT molecular complexity index is 767. The van der Waals surface area contributed by atoms with Gasteiger partial charge in [0.15, 0.2) is 0 Å². The molecule has 0 unspecified atom stereocenters. The Hall–Kier alpha value is -2.46. The van der Waals surface area contributed by atoms with E-state index >= 15 is 0 Å². The zero-order chi connectivity index (χ0) is 14.8. The lowest BCUT2D eigenvalue weighted by Gasteiger charge is -2.19. The number of sulfonamides is 1. The number of nitrogens with zero attached hydrogens (tertiary/aromatic N) is 3. The molecular weight excluding hydrogens is 281 g/mol. The van der Waals surface area contributed by atoms with Crippen LogP contribution in [0, 0.1) is 17.1 Å². The van der Waals surface area contributed by atoms with E-state index in [0.29, 0.717) is 11.3 Å². The van der Waals surface area contributed by atoms with Gasteiger partial charge >= 0.3 is 0 Å². The van der Waals surface area contributed by atoms with Crippen molar-refractivity contribution in [2.75, 3.05) is 11.4 Å². The minimum absolute atomic E-state index is 0.232. The summed E-state index contributed by atoms with van der Waals surface area (Å²) in [6, 6.07) is 8.86. The van der Waals surface area contributed by atoms with Gasteiger partial charge in [0.2, 0.25) is 0 Å². The lowest BCUT2D eigenvalue weighted by Crippen LogP contribution is -2.26. The van der Waals surface area contributed by atoms with Crippen LogP contribution in [0.4, 0.5) is 10.1 Å². The van der Waals surface area contributed by atoms with Crippen LogP contribution < -0.4 is 4.31 Å². The van der Waals surface area contributed by atoms with E-state index in [2.05, 4.69) is 4.98 Å². The smallest absolute Gasteiger partial charge is 0.265 e. The predicted octanol–water partition coefficient (Wildman–Crippen LogP) is 1.92. The molecule has 0 N–H and O–H groups in total. The van der Waals surface area contributed by atoms with Crippen LogP contribution in [0.25, 0.3) is 0 Å². The van der Waals surface area contributed by atoms with E-state index in [1.807, 2.05) is 6.07 Å². The van der Waals surface area contributed by atoms with Crippen LogP contribution in [0.1, 0.15) is 5.56 Å². The average Bonchev–Trinajstić information content (AvgIpc) is 2.46. The molecular formula is C13H10FN3O2S. The second-order valence-corrected chi connectivity index (χ2v) is 5.94. The number of nitriles is 1. The lowest BCUT2D eigenvalue weighted by molar-refractivity contribution is 0.587. The number of benzene rings is 1. The van der Waals surface area contributed by atoms with Gasteiger partial charge in [-0.05, 0) is 30.3 Å². The van der Waals surface area contributed by atoms with Gasteiger partial charge in [0.05, 0.1) is 23.5 Å². The summed E-state index contributed by atoms with van der Waals surface area (Å²) >= 11 is 0. The molecule has 2 rings (SSSR count). The largest absolute Gasteiger partial charge is 0.269 e. The van der Waals surface area contributed by atoms with Gasteiger partial charge in [-0.3, -0.25) is 9.29 Å². The molecule has 7 heteroatoms. The van der Waals surface area contributed by atoms with Crippen LogP contribution in [0.5, 0.6) is 0 Å². The highest BCUT2D eigenvalue weighted by Crippen LogP contribution is 2.22. The fraction of sp³-hybridized carbons (Fsp3) is 0.0769. The van der Waals surface area contributed by atoms with E-state index in [1.165, 1.54) is 31.3 Å². The number of rotatable bonds is 3. The van der Waals surface area contributed by atoms with Crippen molar-refractivity contribution in [1.82, 2.24) is 4.98 Å². The first-order valence-corrected chi connectivity index (χ1v) is 6.99. The normalized spacial score (nSPS) is 10.8. The Balaban J connectivity index is 2.40. The maximum atomic E-state index is 13.1. The van der Waals surface area contributed by atoms with Gasteiger partial charge in [0.25, 0.3) is 10.0 Å². The number of pyridine rings is 1. The van der Waals surface area contributed by atoms with E-state index in [9.17, 15) is 12.8 Å². The highest BCUT2D eigenvalue weighted by atomic mass is 32.2. The standard InChI is InChI=1S/C13H10FN3O2S/c1-17(12-4-2-10(7-15)3-5-12)20(18,19)13-6-11(14)8-16-9-13/h2-6,8-9H,1H3. The van der Waals surface area contributed by atoms with Gasteiger partial charge < -0.3 is 0 Å². The Morgan fingerprint density at radius 2 is 1.90 bits per heavy atom. The van der Waals surface area contributed by atoms with E-state index in [1.54, 1.807) is 0 Å². The molecule has 0 aliphatic rings. The van der Waals surface area contributed by atoms with E-state index in [0.717, 1.165) is 22.8 Å². The molecule has 0 amide bonds. The summed E-state index contributed by atoms with van der Waals surface area (Å²) in [6.45, 7) is 0. The number of anilines is 1. The van der Waals surface area contributed by atoms with Crippen molar-refractivity contribution in [3.8, 4) is 6.07 Å². The van der Waals surface area contributed by atoms with Gasteiger partial charge in [-0.25, -0.2) is 12.8 Å². The highest BCUT2D eigenvalue weighted by molar-refractivity contribution is 7.92. The van der Waals surface area contributed by atoms with E-state index in [4.69, 9.17) is 5.26 Å². The minimum atomic E-state index is -3.89. The molecule has 0 radical (unpaired) electrons. The van der Waals surface area contributed by atoms with Gasteiger partial charge in [-0.1, -0.05) is 0 Å². The quantitative estimate of drug-likeness (QED) is 0.866. The summed E-state index contributed by atoms with van der Waals surface area (Å²) in [5, 5.41) is 8.70. The maximum absolute atomic E-state index is 13.1. The molecule has 0 aliphatic heterocycles. The van der Waals surface area contributed by atoms with Crippen LogP contribution in [0.2, 0.25) is 0 Å². The highest BCUT2D eigenvalue weighted by Gasteiger charge is 2.22. The summed E-state index contributed by atoms with van der Waals surface area (Å²) < 4.78 is 38.7. The number of hydrogen-bond acceptors (Lipinski definition) is 4. The molecule has 0 bridgehead atoms. The number of aromatic nitrogens is 1. The second-order valence-electron chi connectivity index (χ2n) is 3.97. The molecule has 1 heterocycles. The van der Waals surface area contributed by atoms with Crippen LogP contribution in [0.3, 0.4) is 0 Å². The number of halogens is 1. The molecule has 5 nitrogen and oxygen atoms in total. The Labute approximate surface area is 116 Å². The van der Waals surface area contributed by atoms with Crippen LogP contribution in [0.15, 0.2) is 47.6 Å². The predicted molar refractivity (Wildman–Crippen MR) is 70.9 cm³/mol. The summed E-state index contributed by atoms with van der Waals surface area (Å²) in [5.74, 6) is -0.723.